The largest absolute Gasteiger partial charge is 0.298 e. The van der Waals surface area contributed by atoms with Crippen LogP contribution in [0.2, 0.25) is 0 Å². The maximum atomic E-state index is 8.76. The monoisotopic (exact) mass is 202 g/mol. The van der Waals surface area contributed by atoms with E-state index in [0.29, 0.717) is 6.04 Å². The molecule has 0 spiro atoms. The van der Waals surface area contributed by atoms with E-state index in [2.05, 4.69) is 37.1 Å². The van der Waals surface area contributed by atoms with Gasteiger partial charge in [-0.15, -0.1) is 0 Å². The lowest BCUT2D eigenvalue weighted by Crippen LogP contribution is -2.26. The van der Waals surface area contributed by atoms with Gasteiger partial charge in [0.05, 0.1) is 12.0 Å². The first-order valence-electron chi connectivity index (χ1n) is 5.30. The smallest absolute Gasteiger partial charge is 0.0666 e. The van der Waals surface area contributed by atoms with Crippen LogP contribution < -0.4 is 0 Å². The molecule has 1 rings (SSSR count). The highest BCUT2D eigenvalue weighted by atomic mass is 15.1. The first-order valence-corrected chi connectivity index (χ1v) is 5.30. The van der Waals surface area contributed by atoms with Gasteiger partial charge in [-0.2, -0.15) is 5.26 Å². The van der Waals surface area contributed by atoms with Gasteiger partial charge in [0.25, 0.3) is 0 Å². The van der Waals surface area contributed by atoms with Crippen molar-refractivity contribution in [1.82, 2.24) is 4.90 Å². The number of hydrogen-bond donors (Lipinski definition) is 0. The van der Waals surface area contributed by atoms with E-state index in [4.69, 9.17) is 5.26 Å². The Kier molecular flexibility index (Phi) is 4.33. The lowest BCUT2D eigenvalue weighted by atomic mass is 10.1. The number of nitriles is 1. The third kappa shape index (κ3) is 3.38. The quantitative estimate of drug-likeness (QED) is 0.750. The highest BCUT2D eigenvalue weighted by Gasteiger charge is 2.13. The molecule has 1 aromatic rings. The molecular weight excluding hydrogens is 184 g/mol. The van der Waals surface area contributed by atoms with Crippen molar-refractivity contribution < 1.29 is 0 Å². The van der Waals surface area contributed by atoms with Crippen molar-refractivity contribution in [3.05, 3.63) is 35.9 Å². The van der Waals surface area contributed by atoms with Crippen molar-refractivity contribution in [3.63, 3.8) is 0 Å². The van der Waals surface area contributed by atoms with E-state index < -0.39 is 0 Å². The van der Waals surface area contributed by atoms with E-state index in [9.17, 15) is 0 Å². The third-order valence-electron chi connectivity index (χ3n) is 2.73. The molecule has 2 heteroatoms. The number of rotatable bonds is 4. The Labute approximate surface area is 92.1 Å². The van der Waals surface area contributed by atoms with Crippen LogP contribution in [-0.4, -0.2) is 18.5 Å². The van der Waals surface area contributed by atoms with Crippen molar-refractivity contribution in [2.75, 3.05) is 13.6 Å². The Balaban J connectivity index is 2.62. The Morgan fingerprint density at radius 2 is 1.87 bits per heavy atom. The molecule has 0 aliphatic carbocycles. The van der Waals surface area contributed by atoms with E-state index in [1.165, 1.54) is 5.56 Å². The lowest BCUT2D eigenvalue weighted by molar-refractivity contribution is 0.244. The molecule has 0 heterocycles. The van der Waals surface area contributed by atoms with Crippen LogP contribution in [0.3, 0.4) is 0 Å². The highest BCUT2D eigenvalue weighted by molar-refractivity contribution is 5.18. The molecular formula is C13H18N2. The molecule has 0 radical (unpaired) electrons. The lowest BCUT2D eigenvalue weighted by Gasteiger charge is -2.25. The minimum Gasteiger partial charge on any atom is -0.298 e. The fourth-order valence-electron chi connectivity index (χ4n) is 1.62. The predicted molar refractivity (Wildman–Crippen MR) is 62.3 cm³/mol. The molecule has 0 N–H and O–H groups in total. The summed E-state index contributed by atoms with van der Waals surface area (Å²) in [7, 11) is 2.06. The van der Waals surface area contributed by atoms with E-state index in [1.807, 2.05) is 25.1 Å². The van der Waals surface area contributed by atoms with Gasteiger partial charge in [-0.1, -0.05) is 30.3 Å². The zero-order valence-corrected chi connectivity index (χ0v) is 9.64. The molecule has 0 saturated carbocycles. The fourth-order valence-corrected chi connectivity index (χ4v) is 1.62. The van der Waals surface area contributed by atoms with Crippen molar-refractivity contribution in [3.8, 4) is 6.07 Å². The second kappa shape index (κ2) is 5.53. The van der Waals surface area contributed by atoms with Crippen molar-refractivity contribution >= 4 is 0 Å². The fraction of sp³-hybridized carbons (Fsp3) is 0.462. The molecule has 0 saturated heterocycles. The van der Waals surface area contributed by atoms with Gasteiger partial charge in [0.1, 0.15) is 0 Å². The second-order valence-electron chi connectivity index (χ2n) is 4.06. The van der Waals surface area contributed by atoms with Crippen LogP contribution in [0.5, 0.6) is 0 Å². The summed E-state index contributed by atoms with van der Waals surface area (Å²) in [6.07, 6.45) is 0. The topological polar surface area (TPSA) is 27.0 Å². The molecule has 0 aliphatic rings. The van der Waals surface area contributed by atoms with Crippen LogP contribution in [0.15, 0.2) is 30.3 Å². The van der Waals surface area contributed by atoms with Crippen LogP contribution in [-0.2, 0) is 0 Å². The van der Waals surface area contributed by atoms with E-state index in [-0.39, 0.29) is 5.92 Å². The molecule has 2 atom stereocenters. The average Bonchev–Trinajstić information content (AvgIpc) is 2.29. The summed E-state index contributed by atoms with van der Waals surface area (Å²) >= 11 is 0. The normalized spacial score (nSPS) is 14.6. The molecule has 0 amide bonds. The minimum atomic E-state index is 0.0844. The molecule has 0 aromatic heterocycles. The SMILES string of the molecule is CC(C#N)CN(C)C(C)c1ccccc1. The average molecular weight is 202 g/mol. The van der Waals surface area contributed by atoms with Crippen LogP contribution in [0, 0.1) is 17.2 Å². The van der Waals surface area contributed by atoms with Crippen molar-refractivity contribution in [2.24, 2.45) is 5.92 Å². The van der Waals surface area contributed by atoms with E-state index in [0.717, 1.165) is 6.54 Å². The van der Waals surface area contributed by atoms with Gasteiger partial charge in [0.15, 0.2) is 0 Å². The van der Waals surface area contributed by atoms with Gasteiger partial charge >= 0.3 is 0 Å². The number of nitrogens with zero attached hydrogens (tertiary/aromatic N) is 2. The van der Waals surface area contributed by atoms with Crippen LogP contribution in [0.25, 0.3) is 0 Å². The van der Waals surface area contributed by atoms with Gasteiger partial charge in [0, 0.05) is 12.6 Å². The van der Waals surface area contributed by atoms with Gasteiger partial charge in [-0.3, -0.25) is 4.90 Å². The summed E-state index contributed by atoms with van der Waals surface area (Å²) in [4.78, 5) is 2.21. The van der Waals surface area contributed by atoms with Gasteiger partial charge in [-0.05, 0) is 26.5 Å². The minimum absolute atomic E-state index is 0.0844. The molecule has 2 nitrogen and oxygen atoms in total. The van der Waals surface area contributed by atoms with Gasteiger partial charge in [0.2, 0.25) is 0 Å². The maximum absolute atomic E-state index is 8.76. The molecule has 0 fully saturated rings. The molecule has 80 valence electrons. The summed E-state index contributed by atoms with van der Waals surface area (Å²) in [6.45, 7) is 4.93. The molecule has 0 bridgehead atoms. The predicted octanol–water partition coefficient (Wildman–Crippen LogP) is 2.84. The summed E-state index contributed by atoms with van der Waals surface area (Å²) in [6, 6.07) is 13.0. The molecule has 1 aromatic carbocycles. The molecule has 15 heavy (non-hydrogen) atoms. The van der Waals surface area contributed by atoms with Crippen LogP contribution >= 0.6 is 0 Å². The van der Waals surface area contributed by atoms with Crippen molar-refractivity contribution in [2.45, 2.75) is 19.9 Å². The zero-order chi connectivity index (χ0) is 11.3. The highest BCUT2D eigenvalue weighted by Crippen LogP contribution is 2.18. The Morgan fingerprint density at radius 1 is 1.27 bits per heavy atom. The number of benzene rings is 1. The Morgan fingerprint density at radius 3 is 2.40 bits per heavy atom. The summed E-state index contributed by atoms with van der Waals surface area (Å²) < 4.78 is 0. The number of hydrogen-bond acceptors (Lipinski definition) is 2. The third-order valence-corrected chi connectivity index (χ3v) is 2.73. The van der Waals surface area contributed by atoms with E-state index in [1.54, 1.807) is 0 Å². The standard InChI is InChI=1S/C13H18N2/c1-11(9-14)10-15(3)12(2)13-7-5-4-6-8-13/h4-8,11-12H,10H2,1-3H3. The second-order valence-corrected chi connectivity index (χ2v) is 4.06. The summed E-state index contributed by atoms with van der Waals surface area (Å²) in [5.41, 5.74) is 1.30. The van der Waals surface area contributed by atoms with Crippen LogP contribution in [0.4, 0.5) is 0 Å². The molecule has 0 aliphatic heterocycles. The zero-order valence-electron chi connectivity index (χ0n) is 9.64. The van der Waals surface area contributed by atoms with Gasteiger partial charge < -0.3 is 0 Å². The summed E-state index contributed by atoms with van der Waals surface area (Å²) in [5, 5.41) is 8.76. The molecule has 2 unspecified atom stereocenters. The Bertz CT molecular complexity index is 326. The van der Waals surface area contributed by atoms with E-state index >= 15 is 0 Å². The van der Waals surface area contributed by atoms with Crippen LogP contribution in [0.1, 0.15) is 25.5 Å². The van der Waals surface area contributed by atoms with Gasteiger partial charge in [-0.25, -0.2) is 0 Å². The first-order chi connectivity index (χ1) is 7.15. The Hall–Kier alpha value is -1.33. The first kappa shape index (κ1) is 11.7. The maximum Gasteiger partial charge on any atom is 0.0666 e. The summed E-state index contributed by atoms with van der Waals surface area (Å²) in [5.74, 6) is 0.0844. The van der Waals surface area contributed by atoms with Crippen molar-refractivity contribution in [1.29, 1.82) is 5.26 Å².